The van der Waals surface area contributed by atoms with Crippen molar-refractivity contribution >= 4 is 11.8 Å². The third kappa shape index (κ3) is 5.85. The molecule has 0 fully saturated rings. The van der Waals surface area contributed by atoms with E-state index in [-0.39, 0.29) is 5.92 Å². The van der Waals surface area contributed by atoms with Crippen molar-refractivity contribution in [2.24, 2.45) is 22.4 Å². The molecule has 5 heteroatoms. The largest absolute Gasteiger partial charge is 0.480 e. The van der Waals surface area contributed by atoms with E-state index in [0.717, 1.165) is 0 Å². The van der Waals surface area contributed by atoms with Gasteiger partial charge in [0.1, 0.15) is 6.04 Å². The van der Waals surface area contributed by atoms with Crippen LogP contribution in [0.2, 0.25) is 0 Å². The summed E-state index contributed by atoms with van der Waals surface area (Å²) in [6.07, 6.45) is 2.84. The molecule has 0 aliphatic rings. The van der Waals surface area contributed by atoms with Gasteiger partial charge in [0.2, 0.25) is 0 Å². The lowest BCUT2D eigenvalue weighted by Crippen LogP contribution is -2.36. The van der Waals surface area contributed by atoms with Gasteiger partial charge in [-0.3, -0.25) is 9.79 Å². The first-order chi connectivity index (χ1) is 6.99. The van der Waals surface area contributed by atoms with E-state index in [4.69, 9.17) is 16.6 Å². The number of hydrogen-bond acceptors (Lipinski definition) is 3. The summed E-state index contributed by atoms with van der Waals surface area (Å²) in [6.45, 7) is 5.83. The molecule has 0 saturated carbocycles. The lowest BCUT2D eigenvalue weighted by atomic mass is 9.99. The number of amidine groups is 1. The topological polar surface area (TPSA) is 102 Å². The minimum atomic E-state index is -0.981. The number of hydrogen-bond donors (Lipinski definition) is 3. The molecule has 0 aliphatic carbocycles. The van der Waals surface area contributed by atoms with Gasteiger partial charge in [0.25, 0.3) is 0 Å². The number of aliphatic imine (C=N–C) groups is 1. The summed E-state index contributed by atoms with van der Waals surface area (Å²) in [5, 5.41) is 8.65. The number of aliphatic carboxylic acids is 1. The van der Waals surface area contributed by atoms with Gasteiger partial charge in [-0.2, -0.15) is 0 Å². The average molecular weight is 213 g/mol. The fourth-order valence-electron chi connectivity index (χ4n) is 1.05. The Bertz CT molecular complexity index is 251. The smallest absolute Gasteiger partial charge is 0.320 e. The van der Waals surface area contributed by atoms with Crippen molar-refractivity contribution in [2.75, 3.05) is 6.54 Å². The highest BCUT2D eigenvalue weighted by Crippen LogP contribution is 2.06. The van der Waals surface area contributed by atoms with Gasteiger partial charge in [0.05, 0.1) is 5.84 Å². The molecule has 0 saturated heterocycles. The maximum absolute atomic E-state index is 10.5. The molecule has 5 N–H and O–H groups in total. The summed E-state index contributed by atoms with van der Waals surface area (Å²) < 4.78 is 0. The molecule has 0 spiro atoms. The highest BCUT2D eigenvalue weighted by molar-refractivity contribution is 5.81. The summed E-state index contributed by atoms with van der Waals surface area (Å²) in [5.41, 5.74) is 11.0. The van der Waals surface area contributed by atoms with Gasteiger partial charge in [-0.1, -0.05) is 13.0 Å². The Hall–Kier alpha value is -1.36. The molecule has 0 aromatic carbocycles. The molecular weight excluding hydrogens is 194 g/mol. The predicted octanol–water partition coefficient (Wildman–Crippen LogP) is 0.358. The van der Waals surface area contributed by atoms with E-state index >= 15 is 0 Å². The number of rotatable bonds is 7. The Morgan fingerprint density at radius 3 is 2.73 bits per heavy atom. The summed E-state index contributed by atoms with van der Waals surface area (Å²) in [4.78, 5) is 14.6. The Kier molecular flexibility index (Phi) is 6.37. The molecule has 0 radical (unpaired) electrons. The van der Waals surface area contributed by atoms with Crippen LogP contribution < -0.4 is 11.5 Å². The van der Waals surface area contributed by atoms with Gasteiger partial charge < -0.3 is 16.6 Å². The Labute approximate surface area is 89.9 Å². The molecule has 0 aromatic rings. The second-order valence-corrected chi connectivity index (χ2v) is 3.50. The third-order valence-electron chi connectivity index (χ3n) is 2.15. The number of carbonyl (C=O) groups is 1. The first-order valence-electron chi connectivity index (χ1n) is 4.87. The normalized spacial score (nSPS) is 15.7. The lowest BCUT2D eigenvalue weighted by Gasteiger charge is -2.14. The van der Waals surface area contributed by atoms with E-state index in [1.807, 2.05) is 0 Å². The van der Waals surface area contributed by atoms with Gasteiger partial charge >= 0.3 is 5.97 Å². The molecule has 0 unspecified atom stereocenters. The van der Waals surface area contributed by atoms with E-state index in [1.54, 1.807) is 13.0 Å². The van der Waals surface area contributed by atoms with Crippen LogP contribution in [0.15, 0.2) is 17.6 Å². The summed E-state index contributed by atoms with van der Waals surface area (Å²) in [7, 11) is 0. The van der Waals surface area contributed by atoms with Gasteiger partial charge in [-0.25, -0.2) is 0 Å². The molecule has 0 bridgehead atoms. The maximum Gasteiger partial charge on any atom is 0.320 e. The molecule has 0 aliphatic heterocycles. The van der Waals surface area contributed by atoms with Crippen molar-refractivity contribution in [3.63, 3.8) is 0 Å². The minimum absolute atomic E-state index is 0.109. The first kappa shape index (κ1) is 13.6. The summed E-state index contributed by atoms with van der Waals surface area (Å²) in [6, 6.07) is -0.833. The molecule has 86 valence electrons. The SMILES string of the molecule is C=CCC(N)=NCC[C@@H](C)[C@H](N)C(=O)O. The molecule has 15 heavy (non-hydrogen) atoms. The quantitative estimate of drug-likeness (QED) is 0.323. The van der Waals surface area contributed by atoms with Crippen LogP contribution in [0, 0.1) is 5.92 Å². The molecule has 5 nitrogen and oxygen atoms in total. The van der Waals surface area contributed by atoms with Crippen LogP contribution in [0.5, 0.6) is 0 Å². The van der Waals surface area contributed by atoms with E-state index in [1.165, 1.54) is 0 Å². The summed E-state index contributed by atoms with van der Waals surface area (Å²) in [5.74, 6) is -0.575. The number of nitrogens with zero attached hydrogens (tertiary/aromatic N) is 1. The highest BCUT2D eigenvalue weighted by Gasteiger charge is 2.18. The standard InChI is InChI=1S/C10H19N3O2/c1-3-4-8(11)13-6-5-7(2)9(12)10(14)15/h3,7,9H,1,4-6,12H2,2H3,(H2,11,13)(H,14,15)/t7-,9+/m1/s1. The molecule has 0 heterocycles. The third-order valence-corrected chi connectivity index (χ3v) is 2.15. The minimum Gasteiger partial charge on any atom is -0.480 e. The Morgan fingerprint density at radius 1 is 1.67 bits per heavy atom. The lowest BCUT2D eigenvalue weighted by molar-refractivity contribution is -0.139. The van der Waals surface area contributed by atoms with E-state index in [2.05, 4.69) is 11.6 Å². The summed E-state index contributed by atoms with van der Waals surface area (Å²) >= 11 is 0. The van der Waals surface area contributed by atoms with Crippen LogP contribution in [-0.4, -0.2) is 29.5 Å². The van der Waals surface area contributed by atoms with Gasteiger partial charge in [0.15, 0.2) is 0 Å². The fraction of sp³-hybridized carbons (Fsp3) is 0.600. The average Bonchev–Trinajstić information content (AvgIpc) is 2.16. The monoisotopic (exact) mass is 213 g/mol. The van der Waals surface area contributed by atoms with Crippen LogP contribution in [0.25, 0.3) is 0 Å². The van der Waals surface area contributed by atoms with Gasteiger partial charge in [-0.05, 0) is 12.3 Å². The molecule has 0 amide bonds. The Balaban J connectivity index is 3.90. The zero-order valence-electron chi connectivity index (χ0n) is 9.02. The molecular formula is C10H19N3O2. The second-order valence-electron chi connectivity index (χ2n) is 3.50. The first-order valence-corrected chi connectivity index (χ1v) is 4.87. The second kappa shape index (κ2) is 7.00. The fourth-order valence-corrected chi connectivity index (χ4v) is 1.05. The van der Waals surface area contributed by atoms with Crippen molar-refractivity contribution in [3.8, 4) is 0 Å². The van der Waals surface area contributed by atoms with Crippen LogP contribution in [0.3, 0.4) is 0 Å². The Morgan fingerprint density at radius 2 is 2.27 bits per heavy atom. The van der Waals surface area contributed by atoms with E-state index < -0.39 is 12.0 Å². The number of carboxylic acid groups (broad SMARTS) is 1. The van der Waals surface area contributed by atoms with Crippen molar-refractivity contribution in [2.45, 2.75) is 25.8 Å². The molecule has 2 atom stereocenters. The molecule has 0 aromatic heterocycles. The van der Waals surface area contributed by atoms with Crippen LogP contribution in [0.1, 0.15) is 19.8 Å². The zero-order chi connectivity index (χ0) is 11.8. The molecule has 0 rings (SSSR count). The van der Waals surface area contributed by atoms with Crippen molar-refractivity contribution < 1.29 is 9.90 Å². The number of nitrogens with two attached hydrogens (primary N) is 2. The van der Waals surface area contributed by atoms with Crippen LogP contribution in [0.4, 0.5) is 0 Å². The zero-order valence-corrected chi connectivity index (χ0v) is 9.02. The van der Waals surface area contributed by atoms with Crippen LogP contribution >= 0.6 is 0 Å². The highest BCUT2D eigenvalue weighted by atomic mass is 16.4. The van der Waals surface area contributed by atoms with Crippen LogP contribution in [-0.2, 0) is 4.79 Å². The van der Waals surface area contributed by atoms with E-state index in [0.29, 0.717) is 25.2 Å². The van der Waals surface area contributed by atoms with Crippen molar-refractivity contribution in [1.29, 1.82) is 0 Å². The van der Waals surface area contributed by atoms with Crippen molar-refractivity contribution in [3.05, 3.63) is 12.7 Å². The predicted molar refractivity (Wildman–Crippen MR) is 60.7 cm³/mol. The maximum atomic E-state index is 10.5. The number of carboxylic acids is 1. The van der Waals surface area contributed by atoms with Gasteiger partial charge in [-0.15, -0.1) is 6.58 Å². The van der Waals surface area contributed by atoms with Crippen molar-refractivity contribution in [1.82, 2.24) is 0 Å². The van der Waals surface area contributed by atoms with Gasteiger partial charge in [0, 0.05) is 13.0 Å². The van der Waals surface area contributed by atoms with E-state index in [9.17, 15) is 4.79 Å².